The van der Waals surface area contributed by atoms with Crippen LogP contribution in [0.2, 0.25) is 0 Å². The Kier molecular flexibility index (Phi) is 7.94. The van der Waals surface area contributed by atoms with Crippen LogP contribution in [-0.4, -0.2) is 23.9 Å². The van der Waals surface area contributed by atoms with E-state index in [1.807, 2.05) is 19.1 Å². The SMILES string of the molecule is CCNC(=O)C1(NC(=O)CCCCc2ccc(Br)cc2)CCCCC1. The van der Waals surface area contributed by atoms with E-state index < -0.39 is 5.54 Å². The summed E-state index contributed by atoms with van der Waals surface area (Å²) >= 11 is 3.44. The molecule has 1 fully saturated rings. The van der Waals surface area contributed by atoms with E-state index in [0.29, 0.717) is 13.0 Å². The summed E-state index contributed by atoms with van der Waals surface area (Å²) < 4.78 is 1.08. The highest BCUT2D eigenvalue weighted by molar-refractivity contribution is 9.10. The fourth-order valence-corrected chi connectivity index (χ4v) is 3.75. The van der Waals surface area contributed by atoms with E-state index in [9.17, 15) is 9.59 Å². The van der Waals surface area contributed by atoms with Crippen LogP contribution >= 0.6 is 15.9 Å². The molecular formula is C20H29BrN2O2. The molecule has 0 heterocycles. The first-order valence-corrected chi connectivity index (χ1v) is 10.2. The van der Waals surface area contributed by atoms with Crippen molar-refractivity contribution in [3.05, 3.63) is 34.3 Å². The number of likely N-dealkylation sites (N-methyl/N-ethyl adjacent to an activating group) is 1. The van der Waals surface area contributed by atoms with Crippen molar-refractivity contribution in [3.63, 3.8) is 0 Å². The Balaban J connectivity index is 1.78. The van der Waals surface area contributed by atoms with Crippen LogP contribution in [0.25, 0.3) is 0 Å². The van der Waals surface area contributed by atoms with Gasteiger partial charge in [0.2, 0.25) is 11.8 Å². The van der Waals surface area contributed by atoms with Crippen LogP contribution < -0.4 is 10.6 Å². The maximum Gasteiger partial charge on any atom is 0.245 e. The maximum atomic E-state index is 12.5. The molecule has 1 aliphatic carbocycles. The van der Waals surface area contributed by atoms with Crippen molar-refractivity contribution in [2.45, 2.75) is 70.3 Å². The highest BCUT2D eigenvalue weighted by Crippen LogP contribution is 2.28. The van der Waals surface area contributed by atoms with Gasteiger partial charge in [-0.15, -0.1) is 0 Å². The Morgan fingerprint density at radius 2 is 1.76 bits per heavy atom. The standard InChI is InChI=1S/C20H29BrN2O2/c1-2-22-19(25)20(14-6-3-7-15-20)23-18(24)9-5-4-8-16-10-12-17(21)13-11-16/h10-13H,2-9,14-15H2,1H3,(H,22,25)(H,23,24). The number of benzene rings is 1. The summed E-state index contributed by atoms with van der Waals surface area (Å²) in [7, 11) is 0. The van der Waals surface area contributed by atoms with E-state index in [2.05, 4.69) is 38.7 Å². The zero-order chi connectivity index (χ0) is 18.1. The zero-order valence-electron chi connectivity index (χ0n) is 15.1. The fourth-order valence-electron chi connectivity index (χ4n) is 3.49. The summed E-state index contributed by atoms with van der Waals surface area (Å²) in [5.74, 6) is -0.0122. The van der Waals surface area contributed by atoms with E-state index in [0.717, 1.165) is 55.8 Å². The summed E-state index contributed by atoms with van der Waals surface area (Å²) in [6.07, 6.45) is 7.93. The number of hydrogen-bond donors (Lipinski definition) is 2. The van der Waals surface area contributed by atoms with Gasteiger partial charge >= 0.3 is 0 Å². The van der Waals surface area contributed by atoms with Crippen LogP contribution in [0, 0.1) is 0 Å². The smallest absolute Gasteiger partial charge is 0.245 e. The van der Waals surface area contributed by atoms with Gasteiger partial charge in [-0.05, 0) is 56.7 Å². The molecule has 0 radical (unpaired) electrons. The van der Waals surface area contributed by atoms with E-state index in [4.69, 9.17) is 0 Å². The molecule has 2 amide bonds. The van der Waals surface area contributed by atoms with Gasteiger partial charge in [-0.3, -0.25) is 9.59 Å². The molecule has 1 aromatic carbocycles. The van der Waals surface area contributed by atoms with Crippen molar-refractivity contribution in [2.24, 2.45) is 0 Å². The van der Waals surface area contributed by atoms with Crippen LogP contribution in [0.15, 0.2) is 28.7 Å². The number of unbranched alkanes of at least 4 members (excludes halogenated alkanes) is 1. The van der Waals surface area contributed by atoms with Crippen molar-refractivity contribution in [1.82, 2.24) is 10.6 Å². The van der Waals surface area contributed by atoms with Gasteiger partial charge in [0.25, 0.3) is 0 Å². The second-order valence-corrected chi connectivity index (χ2v) is 7.80. The third-order valence-corrected chi connectivity index (χ3v) is 5.42. The molecular weight excluding hydrogens is 380 g/mol. The number of nitrogens with one attached hydrogen (secondary N) is 2. The molecule has 0 aliphatic heterocycles. The first kappa shape index (κ1) is 20.0. The number of halogens is 1. The van der Waals surface area contributed by atoms with Gasteiger partial charge in [0.15, 0.2) is 0 Å². The lowest BCUT2D eigenvalue weighted by atomic mass is 9.80. The highest BCUT2D eigenvalue weighted by atomic mass is 79.9. The largest absolute Gasteiger partial charge is 0.354 e. The van der Waals surface area contributed by atoms with Gasteiger partial charge in [0.05, 0.1) is 0 Å². The third kappa shape index (κ3) is 6.14. The van der Waals surface area contributed by atoms with Gasteiger partial charge in [0, 0.05) is 17.4 Å². The number of aryl methyl sites for hydroxylation is 1. The van der Waals surface area contributed by atoms with E-state index in [1.165, 1.54) is 5.56 Å². The Labute approximate surface area is 159 Å². The molecule has 0 spiro atoms. The van der Waals surface area contributed by atoms with Crippen LogP contribution in [0.1, 0.15) is 63.9 Å². The predicted octanol–water partition coefficient (Wildman–Crippen LogP) is 4.12. The molecule has 0 bridgehead atoms. The number of rotatable bonds is 8. The number of carbonyl (C=O) groups is 2. The average molecular weight is 409 g/mol. The third-order valence-electron chi connectivity index (χ3n) is 4.89. The van der Waals surface area contributed by atoms with Gasteiger partial charge in [-0.1, -0.05) is 47.3 Å². The second-order valence-electron chi connectivity index (χ2n) is 6.88. The molecule has 0 aromatic heterocycles. The van der Waals surface area contributed by atoms with Crippen molar-refractivity contribution >= 4 is 27.7 Å². The number of hydrogen-bond acceptors (Lipinski definition) is 2. The summed E-state index contributed by atoms with van der Waals surface area (Å²) in [4.78, 5) is 24.9. The number of carbonyl (C=O) groups excluding carboxylic acids is 2. The van der Waals surface area contributed by atoms with E-state index in [-0.39, 0.29) is 11.8 Å². The Morgan fingerprint density at radius 3 is 2.40 bits per heavy atom. The summed E-state index contributed by atoms with van der Waals surface area (Å²) in [5.41, 5.74) is 0.603. The van der Waals surface area contributed by atoms with Gasteiger partial charge < -0.3 is 10.6 Å². The molecule has 4 nitrogen and oxygen atoms in total. The van der Waals surface area contributed by atoms with Gasteiger partial charge in [-0.25, -0.2) is 0 Å². The highest BCUT2D eigenvalue weighted by Gasteiger charge is 2.40. The molecule has 1 aromatic rings. The molecule has 5 heteroatoms. The Hall–Kier alpha value is -1.36. The lowest BCUT2D eigenvalue weighted by Gasteiger charge is -2.36. The molecule has 0 unspecified atom stereocenters. The zero-order valence-corrected chi connectivity index (χ0v) is 16.7. The quantitative estimate of drug-likeness (QED) is 0.635. The number of amides is 2. The lowest BCUT2D eigenvalue weighted by Crippen LogP contribution is -2.59. The monoisotopic (exact) mass is 408 g/mol. The molecule has 138 valence electrons. The van der Waals surface area contributed by atoms with Crippen LogP contribution in [0.4, 0.5) is 0 Å². The van der Waals surface area contributed by atoms with Crippen molar-refractivity contribution in [3.8, 4) is 0 Å². The van der Waals surface area contributed by atoms with E-state index in [1.54, 1.807) is 0 Å². The molecule has 0 saturated heterocycles. The minimum absolute atomic E-state index is 0.00367. The summed E-state index contributed by atoms with van der Waals surface area (Å²) in [6.45, 7) is 2.52. The van der Waals surface area contributed by atoms with Gasteiger partial charge in [0.1, 0.15) is 5.54 Å². The minimum atomic E-state index is -0.683. The summed E-state index contributed by atoms with van der Waals surface area (Å²) in [6, 6.07) is 8.30. The normalized spacial score (nSPS) is 16.2. The van der Waals surface area contributed by atoms with E-state index >= 15 is 0 Å². The van der Waals surface area contributed by atoms with Crippen molar-refractivity contribution in [1.29, 1.82) is 0 Å². The van der Waals surface area contributed by atoms with Crippen LogP contribution in [0.3, 0.4) is 0 Å². The second kappa shape index (κ2) is 9.95. The van der Waals surface area contributed by atoms with Crippen LogP contribution in [0.5, 0.6) is 0 Å². The molecule has 1 aliphatic rings. The lowest BCUT2D eigenvalue weighted by molar-refractivity contribution is -0.135. The Morgan fingerprint density at radius 1 is 1.08 bits per heavy atom. The molecule has 0 atom stereocenters. The molecule has 2 N–H and O–H groups in total. The van der Waals surface area contributed by atoms with Crippen molar-refractivity contribution in [2.75, 3.05) is 6.54 Å². The molecule has 2 rings (SSSR count). The van der Waals surface area contributed by atoms with Crippen LogP contribution in [-0.2, 0) is 16.0 Å². The fraction of sp³-hybridized carbons (Fsp3) is 0.600. The molecule has 25 heavy (non-hydrogen) atoms. The topological polar surface area (TPSA) is 58.2 Å². The first-order chi connectivity index (χ1) is 12.1. The average Bonchev–Trinajstić information content (AvgIpc) is 2.61. The van der Waals surface area contributed by atoms with Gasteiger partial charge in [-0.2, -0.15) is 0 Å². The molecule has 1 saturated carbocycles. The maximum absolute atomic E-state index is 12.5. The Bertz CT molecular complexity index is 566. The predicted molar refractivity (Wildman–Crippen MR) is 104 cm³/mol. The summed E-state index contributed by atoms with van der Waals surface area (Å²) in [5, 5.41) is 5.96. The first-order valence-electron chi connectivity index (χ1n) is 9.39. The minimum Gasteiger partial charge on any atom is -0.354 e. The van der Waals surface area contributed by atoms with Crippen molar-refractivity contribution < 1.29 is 9.59 Å².